The van der Waals surface area contributed by atoms with Gasteiger partial charge in [-0.3, -0.25) is 34.9 Å². The number of rotatable bonds is 5. The number of hydrogen-bond acceptors (Lipinski definition) is 4. The lowest BCUT2D eigenvalue weighted by atomic mass is 10.1. The summed E-state index contributed by atoms with van der Waals surface area (Å²) in [6.45, 7) is 0.103. The molecule has 0 spiro atoms. The molecule has 2 N–H and O–H groups in total. The van der Waals surface area contributed by atoms with E-state index in [1.807, 2.05) is 0 Å². The van der Waals surface area contributed by atoms with Crippen molar-refractivity contribution in [3.05, 3.63) is 71.0 Å². The number of carbonyl (C=O) groups is 4. The second-order valence-electron chi connectivity index (χ2n) is 5.92. The highest BCUT2D eigenvalue weighted by Gasteiger charge is 2.34. The fraction of sp³-hybridized carbons (Fsp3) is 0.158. The Morgan fingerprint density at radius 2 is 1.48 bits per heavy atom. The number of hydrazine groups is 1. The van der Waals surface area contributed by atoms with Gasteiger partial charge in [0.1, 0.15) is 5.82 Å². The van der Waals surface area contributed by atoms with Gasteiger partial charge in [-0.15, -0.1) is 0 Å². The van der Waals surface area contributed by atoms with Crippen LogP contribution < -0.4 is 10.9 Å². The van der Waals surface area contributed by atoms with Gasteiger partial charge in [-0.05, 0) is 42.8 Å². The second kappa shape index (κ2) is 7.77. The highest BCUT2D eigenvalue weighted by Crippen LogP contribution is 2.22. The van der Waals surface area contributed by atoms with Crippen molar-refractivity contribution in [2.45, 2.75) is 12.8 Å². The van der Waals surface area contributed by atoms with E-state index in [9.17, 15) is 23.6 Å². The maximum atomic E-state index is 12.8. The second-order valence-corrected chi connectivity index (χ2v) is 5.92. The first-order chi connectivity index (χ1) is 13.0. The number of hydrogen-bond donors (Lipinski definition) is 2. The number of nitrogens with one attached hydrogen (secondary N) is 2. The van der Waals surface area contributed by atoms with Gasteiger partial charge in [0, 0.05) is 18.5 Å². The quantitative estimate of drug-likeness (QED) is 0.619. The zero-order valence-corrected chi connectivity index (χ0v) is 14.2. The molecule has 0 aromatic heterocycles. The number of imide groups is 1. The van der Waals surface area contributed by atoms with Gasteiger partial charge in [0.25, 0.3) is 17.7 Å². The molecule has 27 heavy (non-hydrogen) atoms. The van der Waals surface area contributed by atoms with Crippen molar-refractivity contribution >= 4 is 23.6 Å². The lowest BCUT2D eigenvalue weighted by Crippen LogP contribution is -2.42. The van der Waals surface area contributed by atoms with E-state index in [4.69, 9.17) is 0 Å². The van der Waals surface area contributed by atoms with Crippen molar-refractivity contribution in [2.24, 2.45) is 0 Å². The Bertz CT molecular complexity index is 876. The molecule has 0 fully saturated rings. The summed E-state index contributed by atoms with van der Waals surface area (Å²) in [7, 11) is 0. The molecule has 2 aromatic rings. The Hall–Kier alpha value is -3.55. The van der Waals surface area contributed by atoms with Crippen LogP contribution in [0.15, 0.2) is 48.5 Å². The molecule has 4 amide bonds. The molecule has 0 radical (unpaired) electrons. The summed E-state index contributed by atoms with van der Waals surface area (Å²) in [5.41, 5.74) is 5.38. The minimum atomic E-state index is -0.580. The van der Waals surface area contributed by atoms with Crippen molar-refractivity contribution in [1.29, 1.82) is 0 Å². The summed E-state index contributed by atoms with van der Waals surface area (Å²) in [6, 6.07) is 11.4. The summed E-state index contributed by atoms with van der Waals surface area (Å²) in [6.07, 6.45) is 0.265. The van der Waals surface area contributed by atoms with E-state index >= 15 is 0 Å². The number of amides is 4. The maximum absolute atomic E-state index is 12.8. The number of nitrogens with zero attached hydrogens (tertiary/aromatic N) is 1. The standard InChI is InChI=1S/C19H16FN3O4/c20-13-9-7-12(8-10-13)17(25)22-21-16(24)6-3-11-23-18(26)14-4-1-2-5-15(14)19(23)27/h1-2,4-5,7-10H,3,6,11H2,(H,21,24)(H,22,25). The Labute approximate surface area is 154 Å². The summed E-state index contributed by atoms with van der Waals surface area (Å²) < 4.78 is 12.8. The molecule has 7 nitrogen and oxygen atoms in total. The van der Waals surface area contributed by atoms with Crippen LogP contribution in [-0.2, 0) is 4.79 Å². The third kappa shape index (κ3) is 4.00. The molecule has 0 unspecified atom stereocenters. The van der Waals surface area contributed by atoms with Crippen molar-refractivity contribution < 1.29 is 23.6 Å². The van der Waals surface area contributed by atoms with Crippen molar-refractivity contribution in [3.63, 3.8) is 0 Å². The van der Waals surface area contributed by atoms with E-state index in [0.717, 1.165) is 17.0 Å². The first-order valence-electron chi connectivity index (χ1n) is 8.27. The van der Waals surface area contributed by atoms with Gasteiger partial charge in [0.15, 0.2) is 0 Å². The molecule has 8 heteroatoms. The molecule has 0 saturated heterocycles. The van der Waals surface area contributed by atoms with Gasteiger partial charge < -0.3 is 0 Å². The Kier molecular flexibility index (Phi) is 5.25. The summed E-state index contributed by atoms with van der Waals surface area (Å²) in [5.74, 6) is -2.27. The van der Waals surface area contributed by atoms with Crippen LogP contribution in [0.2, 0.25) is 0 Å². The van der Waals surface area contributed by atoms with Crippen LogP contribution in [0.1, 0.15) is 43.9 Å². The first-order valence-corrected chi connectivity index (χ1v) is 8.27. The summed E-state index contributed by atoms with van der Waals surface area (Å²) in [4.78, 5) is 49.1. The molecule has 0 aliphatic carbocycles. The van der Waals surface area contributed by atoms with Gasteiger partial charge in [-0.2, -0.15) is 0 Å². The minimum absolute atomic E-state index is 0.0110. The van der Waals surface area contributed by atoms with E-state index in [0.29, 0.717) is 11.1 Å². The highest BCUT2D eigenvalue weighted by atomic mass is 19.1. The topological polar surface area (TPSA) is 95.6 Å². The average Bonchev–Trinajstić information content (AvgIpc) is 2.92. The van der Waals surface area contributed by atoms with Crippen LogP contribution in [-0.4, -0.2) is 35.1 Å². The number of halogens is 1. The maximum Gasteiger partial charge on any atom is 0.269 e. The molecule has 1 aliphatic rings. The van der Waals surface area contributed by atoms with E-state index in [-0.39, 0.29) is 36.8 Å². The van der Waals surface area contributed by atoms with Crippen LogP contribution in [0.5, 0.6) is 0 Å². The largest absolute Gasteiger partial charge is 0.274 e. The van der Waals surface area contributed by atoms with E-state index in [1.54, 1.807) is 24.3 Å². The lowest BCUT2D eigenvalue weighted by molar-refractivity contribution is -0.122. The molecular formula is C19H16FN3O4. The summed E-state index contributed by atoms with van der Waals surface area (Å²) in [5, 5.41) is 0. The van der Waals surface area contributed by atoms with Gasteiger partial charge >= 0.3 is 0 Å². The fourth-order valence-electron chi connectivity index (χ4n) is 2.70. The third-order valence-corrected chi connectivity index (χ3v) is 4.09. The van der Waals surface area contributed by atoms with Crippen LogP contribution in [0.3, 0.4) is 0 Å². The van der Waals surface area contributed by atoms with Gasteiger partial charge in [0.2, 0.25) is 5.91 Å². The Balaban J connectivity index is 1.44. The molecule has 3 rings (SSSR count). The van der Waals surface area contributed by atoms with Crippen molar-refractivity contribution in [2.75, 3.05) is 6.54 Å². The number of carbonyl (C=O) groups excluding carboxylic acids is 4. The monoisotopic (exact) mass is 369 g/mol. The van der Waals surface area contributed by atoms with E-state index < -0.39 is 17.6 Å². The van der Waals surface area contributed by atoms with E-state index in [2.05, 4.69) is 10.9 Å². The molecule has 2 aromatic carbocycles. The van der Waals surface area contributed by atoms with Gasteiger partial charge in [-0.1, -0.05) is 12.1 Å². The zero-order valence-electron chi connectivity index (χ0n) is 14.2. The van der Waals surface area contributed by atoms with Crippen LogP contribution in [0.25, 0.3) is 0 Å². The smallest absolute Gasteiger partial charge is 0.269 e. The first kappa shape index (κ1) is 18.2. The molecule has 138 valence electrons. The third-order valence-electron chi connectivity index (χ3n) is 4.09. The number of fused-ring (bicyclic) bond motifs is 1. The molecular weight excluding hydrogens is 353 g/mol. The zero-order chi connectivity index (χ0) is 19.4. The molecule has 1 aliphatic heterocycles. The number of benzene rings is 2. The summed E-state index contributed by atoms with van der Waals surface area (Å²) >= 11 is 0. The van der Waals surface area contributed by atoms with Gasteiger partial charge in [0.05, 0.1) is 11.1 Å². The minimum Gasteiger partial charge on any atom is -0.274 e. The van der Waals surface area contributed by atoms with Crippen LogP contribution >= 0.6 is 0 Å². The van der Waals surface area contributed by atoms with Crippen molar-refractivity contribution in [1.82, 2.24) is 15.8 Å². The molecule has 0 bridgehead atoms. The predicted molar refractivity (Wildman–Crippen MR) is 93.1 cm³/mol. The molecule has 0 saturated carbocycles. The normalized spacial score (nSPS) is 12.7. The van der Waals surface area contributed by atoms with Crippen LogP contribution in [0.4, 0.5) is 4.39 Å². The van der Waals surface area contributed by atoms with Crippen LogP contribution in [0, 0.1) is 5.82 Å². The molecule has 0 atom stereocenters. The lowest BCUT2D eigenvalue weighted by Gasteiger charge is -2.13. The van der Waals surface area contributed by atoms with Crippen molar-refractivity contribution in [3.8, 4) is 0 Å². The SMILES string of the molecule is O=C(CCCN1C(=O)c2ccccc2C1=O)NNC(=O)c1ccc(F)cc1. The highest BCUT2D eigenvalue weighted by molar-refractivity contribution is 6.21. The average molecular weight is 369 g/mol. The Morgan fingerprint density at radius 1 is 0.889 bits per heavy atom. The predicted octanol–water partition coefficient (Wildman–Crippen LogP) is 1.66. The van der Waals surface area contributed by atoms with E-state index in [1.165, 1.54) is 12.1 Å². The van der Waals surface area contributed by atoms with Gasteiger partial charge in [-0.25, -0.2) is 4.39 Å². The molecule has 1 heterocycles. The fourth-order valence-corrected chi connectivity index (χ4v) is 2.70. The Morgan fingerprint density at radius 3 is 2.07 bits per heavy atom.